The fourth-order valence-electron chi connectivity index (χ4n) is 2.39. The zero-order valence-electron chi connectivity index (χ0n) is 14.4. The molecule has 0 bridgehead atoms. The fourth-order valence-corrected chi connectivity index (χ4v) is 2.94. The van der Waals surface area contributed by atoms with E-state index in [-0.39, 0.29) is 5.91 Å². The Morgan fingerprint density at radius 2 is 1.81 bits per heavy atom. The van der Waals surface area contributed by atoms with Gasteiger partial charge in [-0.15, -0.1) is 0 Å². The lowest BCUT2D eigenvalue weighted by Gasteiger charge is -2.13. The first-order valence-corrected chi connectivity index (χ1v) is 8.45. The maximum Gasteiger partial charge on any atom is 0.255 e. The minimum absolute atomic E-state index is 0.318. The van der Waals surface area contributed by atoms with E-state index in [1.807, 2.05) is 18.2 Å². The molecule has 0 unspecified atom stereocenters. The topological polar surface area (TPSA) is 86.5 Å². The predicted octanol–water partition coefficient (Wildman–Crippen LogP) is 4.08. The third kappa shape index (κ3) is 3.55. The van der Waals surface area contributed by atoms with Crippen molar-refractivity contribution in [1.82, 2.24) is 10.1 Å². The maximum absolute atomic E-state index is 12.7. The summed E-state index contributed by atoms with van der Waals surface area (Å²) >= 11 is 3.39. The van der Waals surface area contributed by atoms with Crippen molar-refractivity contribution in [1.29, 1.82) is 0 Å². The molecule has 0 spiro atoms. The van der Waals surface area contributed by atoms with Crippen molar-refractivity contribution in [2.45, 2.75) is 6.92 Å². The van der Waals surface area contributed by atoms with E-state index in [4.69, 9.17) is 14.0 Å². The molecule has 0 fully saturated rings. The summed E-state index contributed by atoms with van der Waals surface area (Å²) in [6, 6.07) is 10.5. The number of nitrogens with zero attached hydrogens (tertiary/aromatic N) is 2. The predicted molar refractivity (Wildman–Crippen MR) is 99.7 cm³/mol. The van der Waals surface area contributed by atoms with Gasteiger partial charge in [0.15, 0.2) is 0 Å². The summed E-state index contributed by atoms with van der Waals surface area (Å²) in [6.07, 6.45) is 0. The number of rotatable bonds is 5. The number of nitrogens with one attached hydrogen (secondary N) is 1. The molecule has 0 saturated carbocycles. The van der Waals surface area contributed by atoms with E-state index in [0.717, 1.165) is 0 Å². The highest BCUT2D eigenvalue weighted by Crippen LogP contribution is 2.36. The molecular weight excluding hydrogens is 402 g/mol. The Morgan fingerprint density at radius 3 is 2.38 bits per heavy atom. The number of hydrogen-bond donors (Lipinski definition) is 1. The number of halogens is 1. The number of aryl methyl sites for hydroxylation is 1. The summed E-state index contributed by atoms with van der Waals surface area (Å²) in [7, 11) is 3.05. The summed E-state index contributed by atoms with van der Waals surface area (Å²) in [5.74, 6) is 1.53. The van der Waals surface area contributed by atoms with Crippen molar-refractivity contribution in [3.63, 3.8) is 0 Å². The van der Waals surface area contributed by atoms with Gasteiger partial charge >= 0.3 is 0 Å². The van der Waals surface area contributed by atoms with E-state index < -0.39 is 0 Å². The largest absolute Gasteiger partial charge is 0.495 e. The number of hydrogen-bond acceptors (Lipinski definition) is 6. The van der Waals surface area contributed by atoms with Crippen molar-refractivity contribution >= 4 is 27.5 Å². The van der Waals surface area contributed by atoms with Crippen LogP contribution in [0.25, 0.3) is 11.4 Å². The number of anilines is 1. The molecule has 0 saturated heterocycles. The Kier molecular flexibility index (Phi) is 5.22. The molecule has 1 aromatic heterocycles. The first-order valence-electron chi connectivity index (χ1n) is 7.66. The second-order valence-electron chi connectivity index (χ2n) is 5.33. The Balaban J connectivity index is 1.94. The van der Waals surface area contributed by atoms with Crippen LogP contribution >= 0.6 is 15.9 Å². The molecule has 7 nitrogen and oxygen atoms in total. The molecule has 2 aromatic carbocycles. The van der Waals surface area contributed by atoms with Gasteiger partial charge in [-0.25, -0.2) is 0 Å². The molecule has 26 heavy (non-hydrogen) atoms. The van der Waals surface area contributed by atoms with Crippen molar-refractivity contribution < 1.29 is 18.8 Å². The van der Waals surface area contributed by atoms with E-state index in [2.05, 4.69) is 31.4 Å². The molecule has 0 atom stereocenters. The van der Waals surface area contributed by atoms with Crippen molar-refractivity contribution in [2.75, 3.05) is 19.5 Å². The van der Waals surface area contributed by atoms with Crippen LogP contribution in [0.2, 0.25) is 0 Å². The van der Waals surface area contributed by atoms with Gasteiger partial charge in [0.1, 0.15) is 16.0 Å². The molecule has 0 aliphatic carbocycles. The monoisotopic (exact) mass is 417 g/mol. The molecule has 1 N–H and O–H groups in total. The third-order valence-corrected chi connectivity index (χ3v) is 4.43. The van der Waals surface area contributed by atoms with Crippen molar-refractivity contribution in [3.05, 3.63) is 52.3 Å². The number of aromatic nitrogens is 2. The summed E-state index contributed by atoms with van der Waals surface area (Å²) in [5.41, 5.74) is 1.62. The molecule has 0 radical (unpaired) electrons. The van der Waals surface area contributed by atoms with Gasteiger partial charge in [0.2, 0.25) is 11.7 Å². The zero-order chi connectivity index (χ0) is 18.7. The highest BCUT2D eigenvalue weighted by molar-refractivity contribution is 9.10. The average molecular weight is 418 g/mol. The number of benzene rings is 2. The van der Waals surface area contributed by atoms with Gasteiger partial charge in [-0.05, 0) is 40.2 Å². The second-order valence-corrected chi connectivity index (χ2v) is 6.12. The van der Waals surface area contributed by atoms with Crippen LogP contribution in [0.1, 0.15) is 16.2 Å². The van der Waals surface area contributed by atoms with Gasteiger partial charge in [0, 0.05) is 18.1 Å². The van der Waals surface area contributed by atoms with Crippen LogP contribution in [0.3, 0.4) is 0 Å². The van der Waals surface area contributed by atoms with Crippen LogP contribution in [0.5, 0.6) is 11.5 Å². The number of amides is 1. The number of methoxy groups -OCH3 is 2. The van der Waals surface area contributed by atoms with Crippen LogP contribution in [0.4, 0.5) is 5.69 Å². The Morgan fingerprint density at radius 1 is 1.15 bits per heavy atom. The van der Waals surface area contributed by atoms with Crippen LogP contribution in [0.15, 0.2) is 45.4 Å². The molecule has 1 heterocycles. The fraction of sp³-hybridized carbons (Fsp3) is 0.167. The smallest absolute Gasteiger partial charge is 0.255 e. The van der Waals surface area contributed by atoms with Gasteiger partial charge in [-0.3, -0.25) is 4.79 Å². The van der Waals surface area contributed by atoms with Gasteiger partial charge in [0.25, 0.3) is 5.91 Å². The molecule has 134 valence electrons. The van der Waals surface area contributed by atoms with E-state index in [1.165, 1.54) is 14.2 Å². The second kappa shape index (κ2) is 7.57. The molecular formula is C18H16BrN3O4. The molecule has 0 aliphatic rings. The zero-order valence-corrected chi connectivity index (χ0v) is 16.0. The number of carbonyl (C=O) groups excluding carboxylic acids is 1. The van der Waals surface area contributed by atoms with Crippen LogP contribution < -0.4 is 14.8 Å². The molecule has 8 heteroatoms. The number of para-hydroxylation sites is 1. The van der Waals surface area contributed by atoms with E-state index in [1.54, 1.807) is 25.1 Å². The maximum atomic E-state index is 12.7. The third-order valence-electron chi connectivity index (χ3n) is 3.65. The lowest BCUT2D eigenvalue weighted by molar-refractivity contribution is 0.102. The van der Waals surface area contributed by atoms with Crippen LogP contribution in [-0.4, -0.2) is 30.3 Å². The van der Waals surface area contributed by atoms with Gasteiger partial charge < -0.3 is 19.3 Å². The minimum atomic E-state index is -0.318. The Hall–Kier alpha value is -2.87. The Labute approximate surface area is 158 Å². The number of ether oxygens (including phenoxy) is 2. The summed E-state index contributed by atoms with van der Waals surface area (Å²) in [6.45, 7) is 1.71. The lowest BCUT2D eigenvalue weighted by atomic mass is 10.1. The van der Waals surface area contributed by atoms with Gasteiger partial charge in [-0.1, -0.05) is 17.3 Å². The highest BCUT2D eigenvalue weighted by Gasteiger charge is 2.17. The Bertz CT molecular complexity index is 930. The molecule has 1 amide bonds. The van der Waals surface area contributed by atoms with E-state index >= 15 is 0 Å². The first-order chi connectivity index (χ1) is 12.5. The van der Waals surface area contributed by atoms with Crippen LogP contribution in [0, 0.1) is 6.92 Å². The molecule has 0 aliphatic heterocycles. The normalized spacial score (nSPS) is 10.5. The van der Waals surface area contributed by atoms with Gasteiger partial charge in [-0.2, -0.15) is 4.98 Å². The van der Waals surface area contributed by atoms with E-state index in [0.29, 0.717) is 44.5 Å². The SMILES string of the molecule is COc1cc(C(=O)Nc2ccccc2-c2noc(C)n2)cc(OC)c1Br. The van der Waals surface area contributed by atoms with Gasteiger partial charge in [0.05, 0.1) is 19.9 Å². The molecule has 3 rings (SSSR count). The van der Waals surface area contributed by atoms with Crippen molar-refractivity contribution in [2.24, 2.45) is 0 Å². The van der Waals surface area contributed by atoms with Crippen LogP contribution in [-0.2, 0) is 0 Å². The first kappa shape index (κ1) is 17.9. The number of carbonyl (C=O) groups is 1. The highest BCUT2D eigenvalue weighted by atomic mass is 79.9. The minimum Gasteiger partial charge on any atom is -0.495 e. The molecule has 3 aromatic rings. The van der Waals surface area contributed by atoms with E-state index in [9.17, 15) is 4.79 Å². The summed E-state index contributed by atoms with van der Waals surface area (Å²) < 4.78 is 16.2. The standard InChI is InChI=1S/C18H16BrN3O4/c1-10-20-17(22-26-10)12-6-4-5-7-13(12)21-18(23)11-8-14(24-2)16(19)15(9-11)25-3/h4-9H,1-3H3,(H,21,23). The summed E-state index contributed by atoms with van der Waals surface area (Å²) in [5, 5.41) is 6.78. The quantitative estimate of drug-likeness (QED) is 0.672. The average Bonchev–Trinajstić information content (AvgIpc) is 3.08. The van der Waals surface area contributed by atoms with Crippen molar-refractivity contribution in [3.8, 4) is 22.9 Å². The lowest BCUT2D eigenvalue weighted by Crippen LogP contribution is -2.13. The summed E-state index contributed by atoms with van der Waals surface area (Å²) in [4.78, 5) is 17.0.